The second-order valence-corrected chi connectivity index (χ2v) is 6.53. The van der Waals surface area contributed by atoms with E-state index in [0.29, 0.717) is 5.56 Å². The van der Waals surface area contributed by atoms with E-state index in [1.165, 1.54) is 12.1 Å². The predicted molar refractivity (Wildman–Crippen MR) is 103 cm³/mol. The molecule has 0 fully saturated rings. The molecule has 1 amide bonds. The van der Waals surface area contributed by atoms with Crippen LogP contribution in [0.5, 0.6) is 5.75 Å². The maximum atomic E-state index is 12.6. The fourth-order valence-corrected chi connectivity index (χ4v) is 3.03. The van der Waals surface area contributed by atoms with Gasteiger partial charge in [-0.25, -0.2) is 0 Å². The molecule has 0 unspecified atom stereocenters. The van der Waals surface area contributed by atoms with Crippen molar-refractivity contribution in [3.8, 4) is 5.75 Å². The number of carbonyl (C=O) groups is 1. The minimum absolute atomic E-state index is 0.0432. The molecule has 1 N–H and O–H groups in total. The number of carbonyl (C=O) groups excluding carboxylic acids is 1. The van der Waals surface area contributed by atoms with Crippen molar-refractivity contribution in [2.45, 2.75) is 39.6 Å². The lowest BCUT2D eigenvalue weighted by molar-refractivity contribution is -0.275. The number of ether oxygens (including phenoxy) is 1. The van der Waals surface area contributed by atoms with Crippen LogP contribution >= 0.6 is 0 Å². The van der Waals surface area contributed by atoms with Gasteiger partial charge >= 0.3 is 6.36 Å². The van der Waals surface area contributed by atoms with Crippen LogP contribution in [0.3, 0.4) is 0 Å². The minimum atomic E-state index is -4.76. The topological polar surface area (TPSA) is 41.6 Å². The smallest absolute Gasteiger partial charge is 0.405 e. The zero-order valence-corrected chi connectivity index (χ0v) is 16.3. The molecule has 0 saturated heterocycles. The van der Waals surface area contributed by atoms with Gasteiger partial charge in [0, 0.05) is 17.8 Å². The number of benzene rings is 2. The summed E-state index contributed by atoms with van der Waals surface area (Å²) in [5.74, 6) is -0.473. The first-order valence-corrected chi connectivity index (χ1v) is 9.16. The standard InChI is InChI=1S/C21H25F3N2O2/c1-4-15-10-8-11-16(5-2)20(15)25-19(27)14-26(3)13-17-9-6-7-12-18(17)28-21(22,23)24/h6-12H,4-5,13-14H2,1-3H3,(H,25,27). The molecule has 0 atom stereocenters. The van der Waals surface area contributed by atoms with E-state index in [9.17, 15) is 18.0 Å². The first-order chi connectivity index (χ1) is 13.2. The first kappa shape index (κ1) is 21.8. The van der Waals surface area contributed by atoms with E-state index in [4.69, 9.17) is 0 Å². The van der Waals surface area contributed by atoms with E-state index in [-0.39, 0.29) is 24.7 Å². The average molecular weight is 394 g/mol. The van der Waals surface area contributed by atoms with Crippen LogP contribution in [0.25, 0.3) is 0 Å². The molecule has 0 aliphatic carbocycles. The van der Waals surface area contributed by atoms with E-state index >= 15 is 0 Å². The third-order valence-corrected chi connectivity index (χ3v) is 4.32. The van der Waals surface area contributed by atoms with Gasteiger partial charge in [-0.3, -0.25) is 9.69 Å². The summed E-state index contributed by atoms with van der Waals surface area (Å²) in [6.07, 6.45) is -3.17. The van der Waals surface area contributed by atoms with Gasteiger partial charge in [0.25, 0.3) is 0 Å². The highest BCUT2D eigenvalue weighted by atomic mass is 19.4. The molecule has 0 radical (unpaired) electrons. The Kier molecular flexibility index (Phi) is 7.45. The Morgan fingerprint density at radius 2 is 1.57 bits per heavy atom. The van der Waals surface area contributed by atoms with Gasteiger partial charge < -0.3 is 10.1 Å². The molecule has 0 saturated carbocycles. The van der Waals surface area contributed by atoms with Crippen molar-refractivity contribution in [1.29, 1.82) is 0 Å². The lowest BCUT2D eigenvalue weighted by Gasteiger charge is -2.20. The van der Waals surface area contributed by atoms with E-state index < -0.39 is 6.36 Å². The van der Waals surface area contributed by atoms with Crippen LogP contribution < -0.4 is 10.1 Å². The number of aryl methyl sites for hydroxylation is 2. The van der Waals surface area contributed by atoms with Crippen molar-refractivity contribution in [2.75, 3.05) is 18.9 Å². The zero-order chi connectivity index (χ0) is 20.7. The third-order valence-electron chi connectivity index (χ3n) is 4.32. The number of hydrogen-bond acceptors (Lipinski definition) is 3. The number of alkyl halides is 3. The highest BCUT2D eigenvalue weighted by molar-refractivity contribution is 5.93. The predicted octanol–water partition coefficient (Wildman–Crippen LogP) is 4.78. The van der Waals surface area contributed by atoms with Crippen LogP contribution in [0.1, 0.15) is 30.5 Å². The van der Waals surface area contributed by atoms with Crippen molar-refractivity contribution in [2.24, 2.45) is 0 Å². The summed E-state index contributed by atoms with van der Waals surface area (Å²) in [4.78, 5) is 14.1. The molecule has 0 heterocycles. The molecule has 0 bridgehead atoms. The van der Waals surface area contributed by atoms with E-state index in [0.717, 1.165) is 29.7 Å². The SMILES string of the molecule is CCc1cccc(CC)c1NC(=O)CN(C)Cc1ccccc1OC(F)(F)F. The van der Waals surface area contributed by atoms with Crippen molar-refractivity contribution in [3.05, 3.63) is 59.2 Å². The molecular weight excluding hydrogens is 369 g/mol. The van der Waals surface area contributed by atoms with Crippen LogP contribution in [0.4, 0.5) is 18.9 Å². The van der Waals surface area contributed by atoms with Crippen molar-refractivity contribution in [1.82, 2.24) is 4.90 Å². The quantitative estimate of drug-likeness (QED) is 0.701. The molecule has 0 aliphatic heterocycles. The highest BCUT2D eigenvalue weighted by Crippen LogP contribution is 2.27. The second-order valence-electron chi connectivity index (χ2n) is 6.53. The Bertz CT molecular complexity index is 784. The van der Waals surface area contributed by atoms with Crippen molar-refractivity contribution >= 4 is 11.6 Å². The van der Waals surface area contributed by atoms with Gasteiger partial charge in [0.05, 0.1) is 6.54 Å². The molecule has 0 aromatic heterocycles. The van der Waals surface area contributed by atoms with Gasteiger partial charge in [0.1, 0.15) is 5.75 Å². The molecule has 2 aromatic rings. The first-order valence-electron chi connectivity index (χ1n) is 9.16. The number of para-hydroxylation sites is 2. The summed E-state index contributed by atoms with van der Waals surface area (Å²) in [6, 6.07) is 11.9. The largest absolute Gasteiger partial charge is 0.573 e. The molecule has 28 heavy (non-hydrogen) atoms. The highest BCUT2D eigenvalue weighted by Gasteiger charge is 2.32. The maximum Gasteiger partial charge on any atom is 0.573 e. The lowest BCUT2D eigenvalue weighted by Crippen LogP contribution is -2.30. The van der Waals surface area contributed by atoms with E-state index in [1.54, 1.807) is 24.1 Å². The molecule has 0 aliphatic rings. The van der Waals surface area contributed by atoms with Crippen LogP contribution in [0.15, 0.2) is 42.5 Å². The summed E-state index contributed by atoms with van der Waals surface area (Å²) in [7, 11) is 1.68. The molecule has 0 spiro atoms. The Morgan fingerprint density at radius 3 is 2.14 bits per heavy atom. The van der Waals surface area contributed by atoms with Gasteiger partial charge in [0.15, 0.2) is 0 Å². The molecule has 152 valence electrons. The van der Waals surface area contributed by atoms with Gasteiger partial charge in [-0.15, -0.1) is 13.2 Å². The molecule has 2 rings (SSSR count). The lowest BCUT2D eigenvalue weighted by atomic mass is 10.0. The van der Waals surface area contributed by atoms with Gasteiger partial charge in [0.2, 0.25) is 5.91 Å². The number of nitrogens with one attached hydrogen (secondary N) is 1. The number of halogens is 3. The Morgan fingerprint density at radius 1 is 1.00 bits per heavy atom. The summed E-state index contributed by atoms with van der Waals surface area (Å²) < 4.78 is 41.7. The molecule has 2 aromatic carbocycles. The number of likely N-dealkylation sites (N-methyl/N-ethyl adjacent to an activating group) is 1. The Labute approximate surface area is 163 Å². The Balaban J connectivity index is 2.05. The second kappa shape index (κ2) is 9.59. The van der Waals surface area contributed by atoms with E-state index in [2.05, 4.69) is 10.1 Å². The monoisotopic (exact) mass is 394 g/mol. The average Bonchev–Trinajstić information content (AvgIpc) is 2.62. The van der Waals surface area contributed by atoms with E-state index in [1.807, 2.05) is 32.0 Å². The third kappa shape index (κ3) is 6.27. The summed E-state index contributed by atoms with van der Waals surface area (Å²) in [6.45, 7) is 4.24. The molecule has 7 heteroatoms. The van der Waals surface area contributed by atoms with Crippen LogP contribution in [-0.2, 0) is 24.2 Å². The molecule has 4 nitrogen and oxygen atoms in total. The fraction of sp³-hybridized carbons (Fsp3) is 0.381. The number of anilines is 1. The van der Waals surface area contributed by atoms with Crippen molar-refractivity contribution < 1.29 is 22.7 Å². The summed E-state index contributed by atoms with van der Waals surface area (Å²) in [5, 5.41) is 2.96. The normalized spacial score (nSPS) is 11.5. The number of rotatable bonds is 8. The summed E-state index contributed by atoms with van der Waals surface area (Å²) in [5.41, 5.74) is 3.29. The summed E-state index contributed by atoms with van der Waals surface area (Å²) >= 11 is 0. The van der Waals surface area contributed by atoms with Gasteiger partial charge in [-0.1, -0.05) is 50.2 Å². The number of hydrogen-bond donors (Lipinski definition) is 1. The van der Waals surface area contributed by atoms with Gasteiger partial charge in [-0.2, -0.15) is 0 Å². The maximum absolute atomic E-state index is 12.6. The van der Waals surface area contributed by atoms with Crippen LogP contribution in [0.2, 0.25) is 0 Å². The Hall–Kier alpha value is -2.54. The van der Waals surface area contributed by atoms with Crippen LogP contribution in [0, 0.1) is 0 Å². The number of amides is 1. The number of nitrogens with zero attached hydrogens (tertiary/aromatic N) is 1. The minimum Gasteiger partial charge on any atom is -0.405 e. The molecular formula is C21H25F3N2O2. The fourth-order valence-electron chi connectivity index (χ4n) is 3.03. The van der Waals surface area contributed by atoms with Crippen LogP contribution in [-0.4, -0.2) is 30.8 Å². The zero-order valence-electron chi connectivity index (χ0n) is 16.3. The van der Waals surface area contributed by atoms with Gasteiger partial charge in [-0.05, 0) is 37.1 Å². The van der Waals surface area contributed by atoms with Crippen molar-refractivity contribution in [3.63, 3.8) is 0 Å².